The van der Waals surface area contributed by atoms with Crippen molar-refractivity contribution in [3.8, 4) is 0 Å². The van der Waals surface area contributed by atoms with Crippen molar-refractivity contribution in [2.45, 2.75) is 58.7 Å². The summed E-state index contributed by atoms with van der Waals surface area (Å²) in [5.74, 6) is 0. The second-order valence-corrected chi connectivity index (χ2v) is 5.03. The summed E-state index contributed by atoms with van der Waals surface area (Å²) in [6.45, 7) is 10.3. The van der Waals surface area contributed by atoms with Gasteiger partial charge in [0.05, 0.1) is 0 Å². The number of piperidine rings is 1. The van der Waals surface area contributed by atoms with Crippen LogP contribution < -0.4 is 5.32 Å². The Kier molecular flexibility index (Phi) is 5.06. The van der Waals surface area contributed by atoms with Crippen LogP contribution in [0.2, 0.25) is 0 Å². The van der Waals surface area contributed by atoms with Gasteiger partial charge >= 0.3 is 6.09 Å². The Morgan fingerprint density at radius 1 is 1.25 bits per heavy atom. The third kappa shape index (κ3) is 4.39. The van der Waals surface area contributed by atoms with E-state index in [0.29, 0.717) is 6.04 Å². The summed E-state index contributed by atoms with van der Waals surface area (Å²) in [7, 11) is 0. The van der Waals surface area contributed by atoms with Crippen molar-refractivity contribution < 1.29 is 9.53 Å². The van der Waals surface area contributed by atoms with Crippen LogP contribution in [0.4, 0.5) is 4.79 Å². The third-order valence-corrected chi connectivity index (χ3v) is 2.89. The molecule has 1 saturated heterocycles. The third-order valence-electron chi connectivity index (χ3n) is 2.89. The molecule has 16 heavy (non-hydrogen) atoms. The Labute approximate surface area is 98.3 Å². The number of likely N-dealkylation sites (tertiary alicyclic amines) is 1. The molecule has 0 bridgehead atoms. The van der Waals surface area contributed by atoms with Crippen molar-refractivity contribution in [1.82, 2.24) is 10.2 Å². The number of hydrogen-bond acceptors (Lipinski definition) is 3. The minimum Gasteiger partial charge on any atom is -0.446 e. The van der Waals surface area contributed by atoms with Crippen LogP contribution in [0.5, 0.6) is 0 Å². The SMILES string of the molecule is CC(C)NC(=O)OC1CCN(C(C)C)CC1. The van der Waals surface area contributed by atoms with Crippen molar-refractivity contribution in [1.29, 1.82) is 0 Å². The maximum absolute atomic E-state index is 11.4. The van der Waals surface area contributed by atoms with Gasteiger partial charge < -0.3 is 15.0 Å². The van der Waals surface area contributed by atoms with Gasteiger partial charge in [0.1, 0.15) is 6.10 Å². The molecule has 1 heterocycles. The Hall–Kier alpha value is -0.770. The molecule has 0 atom stereocenters. The smallest absolute Gasteiger partial charge is 0.407 e. The molecule has 1 amide bonds. The second kappa shape index (κ2) is 6.09. The van der Waals surface area contributed by atoms with E-state index < -0.39 is 0 Å². The molecule has 0 aromatic heterocycles. The van der Waals surface area contributed by atoms with Crippen molar-refractivity contribution in [3.05, 3.63) is 0 Å². The van der Waals surface area contributed by atoms with Crippen molar-refractivity contribution in [2.24, 2.45) is 0 Å². The minimum atomic E-state index is -0.280. The van der Waals surface area contributed by atoms with E-state index in [0.717, 1.165) is 25.9 Å². The summed E-state index contributed by atoms with van der Waals surface area (Å²) in [4.78, 5) is 13.8. The number of ether oxygens (including phenoxy) is 1. The summed E-state index contributed by atoms with van der Waals surface area (Å²) in [6, 6.07) is 0.730. The van der Waals surface area contributed by atoms with Gasteiger partial charge in [0.2, 0.25) is 0 Å². The van der Waals surface area contributed by atoms with E-state index in [2.05, 4.69) is 24.1 Å². The van der Waals surface area contributed by atoms with Crippen molar-refractivity contribution >= 4 is 6.09 Å². The van der Waals surface area contributed by atoms with Crippen LogP contribution >= 0.6 is 0 Å². The maximum Gasteiger partial charge on any atom is 0.407 e. The quantitative estimate of drug-likeness (QED) is 0.803. The molecule has 1 fully saturated rings. The zero-order chi connectivity index (χ0) is 12.1. The predicted molar refractivity (Wildman–Crippen MR) is 64.5 cm³/mol. The number of carbonyl (C=O) groups is 1. The van der Waals surface area contributed by atoms with Gasteiger partial charge in [0.15, 0.2) is 0 Å². The van der Waals surface area contributed by atoms with Gasteiger partial charge in [-0.25, -0.2) is 4.79 Å². The van der Waals surface area contributed by atoms with Gasteiger partial charge in [0, 0.05) is 25.2 Å². The van der Waals surface area contributed by atoms with Crippen LogP contribution in [0.3, 0.4) is 0 Å². The molecule has 94 valence electrons. The van der Waals surface area contributed by atoms with E-state index in [4.69, 9.17) is 4.74 Å². The molecule has 0 saturated carbocycles. The Balaban J connectivity index is 2.24. The monoisotopic (exact) mass is 228 g/mol. The maximum atomic E-state index is 11.4. The Morgan fingerprint density at radius 2 is 1.81 bits per heavy atom. The van der Waals surface area contributed by atoms with Crippen LogP contribution in [0.15, 0.2) is 0 Å². The van der Waals surface area contributed by atoms with Gasteiger partial charge in [-0.2, -0.15) is 0 Å². The van der Waals surface area contributed by atoms with E-state index in [1.807, 2.05) is 13.8 Å². The molecular formula is C12H24N2O2. The Morgan fingerprint density at radius 3 is 2.25 bits per heavy atom. The number of rotatable bonds is 3. The fraction of sp³-hybridized carbons (Fsp3) is 0.917. The lowest BCUT2D eigenvalue weighted by molar-refractivity contribution is 0.0416. The van der Waals surface area contributed by atoms with Crippen molar-refractivity contribution in [2.75, 3.05) is 13.1 Å². The minimum absolute atomic E-state index is 0.0914. The fourth-order valence-corrected chi connectivity index (χ4v) is 1.93. The van der Waals surface area contributed by atoms with E-state index in [-0.39, 0.29) is 18.2 Å². The van der Waals surface area contributed by atoms with E-state index in [9.17, 15) is 4.79 Å². The first-order chi connectivity index (χ1) is 7.49. The highest BCUT2D eigenvalue weighted by Gasteiger charge is 2.23. The number of amides is 1. The van der Waals surface area contributed by atoms with Gasteiger partial charge in [-0.1, -0.05) is 0 Å². The molecule has 0 radical (unpaired) electrons. The molecule has 0 spiro atoms. The van der Waals surface area contributed by atoms with Gasteiger partial charge in [0.25, 0.3) is 0 Å². The molecule has 0 unspecified atom stereocenters. The first kappa shape index (κ1) is 13.3. The molecule has 1 rings (SSSR count). The normalized spacial score (nSPS) is 19.1. The van der Waals surface area contributed by atoms with Crippen LogP contribution in [-0.2, 0) is 4.74 Å². The lowest BCUT2D eigenvalue weighted by atomic mass is 10.1. The molecule has 4 heteroatoms. The van der Waals surface area contributed by atoms with Crippen LogP contribution in [-0.4, -0.2) is 42.3 Å². The summed E-state index contributed by atoms with van der Waals surface area (Å²) in [5.41, 5.74) is 0. The van der Waals surface area contributed by atoms with Gasteiger partial charge in [-0.05, 0) is 40.5 Å². The zero-order valence-corrected chi connectivity index (χ0v) is 10.8. The first-order valence-corrected chi connectivity index (χ1v) is 6.20. The highest BCUT2D eigenvalue weighted by Crippen LogP contribution is 2.15. The lowest BCUT2D eigenvalue weighted by Gasteiger charge is -2.34. The average Bonchev–Trinajstić information content (AvgIpc) is 2.16. The molecule has 0 aromatic rings. The summed E-state index contributed by atoms with van der Waals surface area (Å²) in [5, 5.41) is 2.75. The summed E-state index contributed by atoms with van der Waals surface area (Å²) in [6.07, 6.45) is 1.71. The van der Waals surface area contributed by atoms with Crippen LogP contribution in [0.1, 0.15) is 40.5 Å². The number of carbonyl (C=O) groups excluding carboxylic acids is 1. The zero-order valence-electron chi connectivity index (χ0n) is 10.8. The molecule has 1 N–H and O–H groups in total. The number of hydrogen-bond donors (Lipinski definition) is 1. The summed E-state index contributed by atoms with van der Waals surface area (Å²) < 4.78 is 5.35. The number of alkyl carbamates (subject to hydrolysis) is 1. The Bertz CT molecular complexity index is 221. The number of nitrogens with zero attached hydrogens (tertiary/aromatic N) is 1. The molecule has 1 aliphatic rings. The van der Waals surface area contributed by atoms with E-state index in [1.54, 1.807) is 0 Å². The van der Waals surface area contributed by atoms with E-state index >= 15 is 0 Å². The average molecular weight is 228 g/mol. The molecule has 0 aliphatic carbocycles. The largest absolute Gasteiger partial charge is 0.446 e. The molecular weight excluding hydrogens is 204 g/mol. The lowest BCUT2D eigenvalue weighted by Crippen LogP contribution is -2.43. The fourth-order valence-electron chi connectivity index (χ4n) is 1.93. The van der Waals surface area contributed by atoms with Gasteiger partial charge in [-0.15, -0.1) is 0 Å². The topological polar surface area (TPSA) is 41.6 Å². The van der Waals surface area contributed by atoms with Crippen molar-refractivity contribution in [3.63, 3.8) is 0 Å². The highest BCUT2D eigenvalue weighted by atomic mass is 16.6. The van der Waals surface area contributed by atoms with Crippen LogP contribution in [0, 0.1) is 0 Å². The molecule has 0 aromatic carbocycles. The highest BCUT2D eigenvalue weighted by molar-refractivity contribution is 5.67. The number of nitrogens with one attached hydrogen (secondary N) is 1. The molecule has 1 aliphatic heterocycles. The van der Waals surface area contributed by atoms with Crippen LogP contribution in [0.25, 0.3) is 0 Å². The predicted octanol–water partition coefficient (Wildman–Crippen LogP) is 1.99. The summed E-state index contributed by atoms with van der Waals surface area (Å²) >= 11 is 0. The molecule has 4 nitrogen and oxygen atoms in total. The second-order valence-electron chi connectivity index (χ2n) is 5.03. The standard InChI is InChI=1S/C12H24N2O2/c1-9(2)13-12(15)16-11-5-7-14(8-6-11)10(3)4/h9-11H,5-8H2,1-4H3,(H,13,15). The first-order valence-electron chi connectivity index (χ1n) is 6.20. The van der Waals surface area contributed by atoms with Gasteiger partial charge in [-0.3, -0.25) is 0 Å². The van der Waals surface area contributed by atoms with E-state index in [1.165, 1.54) is 0 Å².